The Morgan fingerprint density at radius 1 is 1.10 bits per heavy atom. The van der Waals surface area contributed by atoms with E-state index < -0.39 is 25.1 Å². The average Bonchev–Trinajstić information content (AvgIpc) is 2.45. The number of ether oxygens (including phenoxy) is 1. The lowest BCUT2D eigenvalue weighted by molar-refractivity contribution is 0.0256. The van der Waals surface area contributed by atoms with Crippen LogP contribution in [0, 0.1) is 0 Å². The summed E-state index contributed by atoms with van der Waals surface area (Å²) >= 11 is 0. The molecule has 21 heavy (non-hydrogen) atoms. The number of rotatable bonds is 5. The lowest BCUT2D eigenvalue weighted by Gasteiger charge is -2.34. The monoisotopic (exact) mass is 340 g/mol. The molecule has 0 amide bonds. The van der Waals surface area contributed by atoms with Gasteiger partial charge in [-0.15, -0.1) is 0 Å². The molecule has 0 aromatic heterocycles. The minimum Gasteiger partial charge on any atom is -0.377 e. The molecule has 0 aromatic carbocycles. The van der Waals surface area contributed by atoms with E-state index in [-0.39, 0.29) is 30.5 Å². The van der Waals surface area contributed by atoms with Crippen molar-refractivity contribution in [3.8, 4) is 0 Å². The quantitative estimate of drug-likeness (QED) is 0.711. The van der Waals surface area contributed by atoms with Crippen molar-refractivity contribution in [3.05, 3.63) is 0 Å². The lowest BCUT2D eigenvalue weighted by Crippen LogP contribution is -2.47. The van der Waals surface area contributed by atoms with E-state index in [9.17, 15) is 16.8 Å². The van der Waals surface area contributed by atoms with Gasteiger partial charge in [0.15, 0.2) is 0 Å². The first kappa shape index (κ1) is 17.1. The highest BCUT2D eigenvalue weighted by Crippen LogP contribution is 2.25. The van der Waals surface area contributed by atoms with Gasteiger partial charge in [-0.25, -0.2) is 21.1 Å². The highest BCUT2D eigenvalue weighted by molar-refractivity contribution is 7.92. The van der Waals surface area contributed by atoms with Crippen molar-refractivity contribution in [2.45, 2.75) is 37.0 Å². The zero-order chi connectivity index (χ0) is 15.5. The predicted molar refractivity (Wildman–Crippen MR) is 80.2 cm³/mol. The maximum absolute atomic E-state index is 12.5. The number of hydrogen-bond acceptors (Lipinski definition) is 6. The van der Waals surface area contributed by atoms with Gasteiger partial charge in [0.1, 0.15) is 9.84 Å². The number of sulfonamides is 1. The van der Waals surface area contributed by atoms with E-state index in [1.54, 1.807) is 0 Å². The van der Waals surface area contributed by atoms with Gasteiger partial charge in [-0.05, 0) is 25.7 Å². The average molecular weight is 340 g/mol. The van der Waals surface area contributed by atoms with Gasteiger partial charge >= 0.3 is 0 Å². The molecule has 0 saturated carbocycles. The third-order valence-corrected chi connectivity index (χ3v) is 8.27. The topological polar surface area (TPSA) is 107 Å². The van der Waals surface area contributed by atoms with Crippen LogP contribution in [0.4, 0.5) is 0 Å². The van der Waals surface area contributed by atoms with Gasteiger partial charge in [-0.3, -0.25) is 0 Å². The first-order chi connectivity index (χ1) is 9.85. The Bertz CT molecular complexity index is 524. The van der Waals surface area contributed by atoms with Crippen LogP contribution in [0.25, 0.3) is 0 Å². The first-order valence-electron chi connectivity index (χ1n) is 7.36. The molecule has 2 saturated heterocycles. The Kier molecular flexibility index (Phi) is 5.64. The molecule has 0 atom stereocenters. The molecule has 0 radical (unpaired) electrons. The Labute approximate surface area is 126 Å². The number of nitrogens with two attached hydrogens (primary N) is 1. The van der Waals surface area contributed by atoms with Crippen LogP contribution in [0.15, 0.2) is 0 Å². The van der Waals surface area contributed by atoms with E-state index in [4.69, 9.17) is 10.5 Å². The molecule has 7 nitrogen and oxygen atoms in total. The fourth-order valence-corrected chi connectivity index (χ4v) is 6.63. The van der Waals surface area contributed by atoms with Crippen LogP contribution in [0.2, 0.25) is 0 Å². The van der Waals surface area contributed by atoms with Crippen molar-refractivity contribution >= 4 is 19.9 Å². The maximum Gasteiger partial charge on any atom is 0.217 e. The summed E-state index contributed by atoms with van der Waals surface area (Å²) in [5.41, 5.74) is 5.38. The molecule has 0 aliphatic carbocycles. The van der Waals surface area contributed by atoms with Gasteiger partial charge in [-0.2, -0.15) is 0 Å². The largest absolute Gasteiger partial charge is 0.377 e. The molecule has 0 aromatic rings. The molecule has 0 bridgehead atoms. The van der Waals surface area contributed by atoms with Crippen LogP contribution in [-0.4, -0.2) is 70.2 Å². The molecule has 0 unspecified atom stereocenters. The van der Waals surface area contributed by atoms with Crippen LogP contribution in [-0.2, 0) is 24.6 Å². The molecular weight excluding hydrogens is 316 g/mol. The summed E-state index contributed by atoms with van der Waals surface area (Å²) in [6.07, 6.45) is 1.85. The molecule has 2 heterocycles. The summed E-state index contributed by atoms with van der Waals surface area (Å²) in [4.78, 5) is 0. The number of hydrogen-bond donors (Lipinski definition) is 1. The Balaban J connectivity index is 1.90. The highest BCUT2D eigenvalue weighted by atomic mass is 32.2. The zero-order valence-corrected chi connectivity index (χ0v) is 13.7. The lowest BCUT2D eigenvalue weighted by atomic mass is 10.1. The van der Waals surface area contributed by atoms with Crippen LogP contribution in [0.3, 0.4) is 0 Å². The van der Waals surface area contributed by atoms with Gasteiger partial charge < -0.3 is 10.5 Å². The molecule has 2 aliphatic rings. The number of sulfone groups is 1. The first-order valence-corrected chi connectivity index (χ1v) is 10.7. The summed E-state index contributed by atoms with van der Waals surface area (Å²) in [5, 5.41) is -0.553. The van der Waals surface area contributed by atoms with Gasteiger partial charge in [0.25, 0.3) is 0 Å². The van der Waals surface area contributed by atoms with Crippen molar-refractivity contribution < 1.29 is 21.6 Å². The van der Waals surface area contributed by atoms with Crippen molar-refractivity contribution in [1.29, 1.82) is 0 Å². The van der Waals surface area contributed by atoms with Crippen molar-refractivity contribution in [2.24, 2.45) is 5.73 Å². The normalized spacial score (nSPS) is 26.0. The summed E-state index contributed by atoms with van der Waals surface area (Å²) in [5.74, 6) is -0.0417. The van der Waals surface area contributed by atoms with Gasteiger partial charge in [0, 0.05) is 19.6 Å². The molecule has 2 N–H and O–H groups in total. The summed E-state index contributed by atoms with van der Waals surface area (Å²) < 4.78 is 54.9. The van der Waals surface area contributed by atoms with E-state index in [2.05, 4.69) is 0 Å². The smallest absolute Gasteiger partial charge is 0.217 e. The minimum atomic E-state index is -3.39. The van der Waals surface area contributed by atoms with Crippen LogP contribution >= 0.6 is 0 Å². The van der Waals surface area contributed by atoms with Gasteiger partial charge in [0.05, 0.1) is 29.5 Å². The Hall–Kier alpha value is -0.220. The summed E-state index contributed by atoms with van der Waals surface area (Å²) in [7, 11) is -6.43. The van der Waals surface area contributed by atoms with Crippen LogP contribution < -0.4 is 5.73 Å². The zero-order valence-electron chi connectivity index (χ0n) is 12.1. The Morgan fingerprint density at radius 2 is 1.67 bits per heavy atom. The summed E-state index contributed by atoms with van der Waals surface area (Å²) in [6.45, 7) is 1.86. The van der Waals surface area contributed by atoms with E-state index in [0.29, 0.717) is 39.1 Å². The molecule has 9 heteroatoms. The third kappa shape index (κ3) is 4.38. The maximum atomic E-state index is 12.5. The standard InChI is InChI=1S/C12H24N2O5S2/c13-5-8-19-11-1-6-14(7-2-11)21(17,18)12-3-9-20(15,16)10-4-12/h11-12H,1-10,13H2. The van der Waals surface area contributed by atoms with Gasteiger partial charge in [-0.1, -0.05) is 0 Å². The van der Waals surface area contributed by atoms with E-state index in [1.807, 2.05) is 0 Å². The van der Waals surface area contributed by atoms with E-state index >= 15 is 0 Å². The van der Waals surface area contributed by atoms with Crippen molar-refractivity contribution in [2.75, 3.05) is 37.7 Å². The van der Waals surface area contributed by atoms with Crippen molar-refractivity contribution in [3.63, 3.8) is 0 Å². The fourth-order valence-electron chi connectivity index (χ4n) is 2.87. The van der Waals surface area contributed by atoms with E-state index in [1.165, 1.54) is 4.31 Å². The van der Waals surface area contributed by atoms with Gasteiger partial charge in [0.2, 0.25) is 10.0 Å². The second-order valence-electron chi connectivity index (χ2n) is 5.65. The second kappa shape index (κ2) is 6.91. The molecule has 124 valence electrons. The van der Waals surface area contributed by atoms with Crippen LogP contribution in [0.5, 0.6) is 0 Å². The second-order valence-corrected chi connectivity index (χ2v) is 10.2. The third-order valence-electron chi connectivity index (χ3n) is 4.16. The molecular formula is C12H24N2O5S2. The SMILES string of the molecule is NCCOC1CCN(S(=O)(=O)C2CCS(=O)(=O)CC2)CC1. The number of nitrogens with zero attached hydrogens (tertiary/aromatic N) is 1. The predicted octanol–water partition coefficient (Wildman–Crippen LogP) is -0.667. The molecule has 2 fully saturated rings. The highest BCUT2D eigenvalue weighted by Gasteiger charge is 2.38. The summed E-state index contributed by atoms with van der Waals surface area (Å²) in [6, 6.07) is 0. The molecule has 0 spiro atoms. The fraction of sp³-hybridized carbons (Fsp3) is 1.00. The number of piperidine rings is 1. The minimum absolute atomic E-state index is 0.0209. The molecule has 2 rings (SSSR count). The molecule has 2 aliphatic heterocycles. The van der Waals surface area contributed by atoms with E-state index in [0.717, 1.165) is 0 Å². The van der Waals surface area contributed by atoms with Crippen LogP contribution in [0.1, 0.15) is 25.7 Å². The Morgan fingerprint density at radius 3 is 2.19 bits per heavy atom. The van der Waals surface area contributed by atoms with Crippen molar-refractivity contribution in [1.82, 2.24) is 4.31 Å².